The zero-order chi connectivity index (χ0) is 32.8. The molecule has 3 aliphatic heterocycles. The summed E-state index contributed by atoms with van der Waals surface area (Å²) in [4.78, 5) is 18.4. The van der Waals surface area contributed by atoms with Crippen LogP contribution < -0.4 is 11.1 Å². The Morgan fingerprint density at radius 3 is 2.47 bits per heavy atom. The third-order valence-electron chi connectivity index (χ3n) is 11.1. The summed E-state index contributed by atoms with van der Waals surface area (Å²) >= 11 is 0. The molecule has 4 fully saturated rings. The van der Waals surface area contributed by atoms with Crippen LogP contribution in [-0.4, -0.2) is 76.0 Å². The summed E-state index contributed by atoms with van der Waals surface area (Å²) in [5.41, 5.74) is 4.26. The van der Waals surface area contributed by atoms with E-state index >= 15 is 0 Å². The molecule has 1 aliphatic carbocycles. The lowest BCUT2D eigenvalue weighted by atomic mass is 9.74. The van der Waals surface area contributed by atoms with Crippen LogP contribution in [0.3, 0.4) is 0 Å². The smallest absolute Gasteiger partial charge is 0.379 e. The Bertz CT molecular complexity index is 1610. The van der Waals surface area contributed by atoms with E-state index in [2.05, 4.69) is 40.3 Å². The number of imidazole rings is 1. The largest absolute Gasteiger partial charge is 0.418 e. The average molecular weight is 655 g/mol. The average Bonchev–Trinajstić information content (AvgIpc) is 3.52. The van der Waals surface area contributed by atoms with Crippen LogP contribution in [0.2, 0.25) is 0 Å². The molecule has 3 aromatic rings. The molecule has 5 heterocycles. The summed E-state index contributed by atoms with van der Waals surface area (Å²) in [6.07, 6.45) is 10.5. The molecule has 2 aromatic heterocycles. The molecule has 1 N–H and O–H groups in total. The summed E-state index contributed by atoms with van der Waals surface area (Å²) in [7, 11) is 2.16. The van der Waals surface area contributed by atoms with Crippen LogP contribution in [0.25, 0.3) is 11.2 Å². The molecule has 0 amide bonds. The first-order valence-corrected chi connectivity index (χ1v) is 17.6. The van der Waals surface area contributed by atoms with Crippen LogP contribution in [0.1, 0.15) is 87.8 Å². The second-order valence-electron chi connectivity index (χ2n) is 14.8. The number of halogens is 3. The van der Waals surface area contributed by atoms with Crippen molar-refractivity contribution in [2.45, 2.75) is 101 Å². The molecule has 1 saturated carbocycles. The number of hydrogen-bond acceptors (Lipinski definition) is 6. The number of hydrazine groups is 1. The quantitative estimate of drug-likeness (QED) is 0.330. The molecule has 0 radical (unpaired) electrons. The molecule has 0 spiro atoms. The predicted octanol–water partition coefficient (Wildman–Crippen LogP) is 6.15. The summed E-state index contributed by atoms with van der Waals surface area (Å²) in [5.74, 6) is 0.505. The van der Waals surface area contributed by atoms with Gasteiger partial charge in [-0.2, -0.15) is 13.2 Å². The van der Waals surface area contributed by atoms with Crippen LogP contribution in [0.15, 0.2) is 47.5 Å². The molecule has 256 valence electrons. The van der Waals surface area contributed by atoms with Crippen LogP contribution in [0.4, 0.5) is 13.2 Å². The monoisotopic (exact) mass is 654 g/mol. The van der Waals surface area contributed by atoms with Crippen LogP contribution in [-0.2, 0) is 22.9 Å². The van der Waals surface area contributed by atoms with Gasteiger partial charge in [-0.15, -0.1) is 0 Å². The molecule has 4 aliphatic rings. The zero-order valence-electron chi connectivity index (χ0n) is 27.8. The number of aromatic nitrogens is 2. The first-order valence-electron chi connectivity index (χ1n) is 17.6. The van der Waals surface area contributed by atoms with E-state index in [0.29, 0.717) is 43.0 Å². The van der Waals surface area contributed by atoms with Crippen molar-refractivity contribution >= 4 is 5.52 Å². The van der Waals surface area contributed by atoms with E-state index in [1.807, 2.05) is 12.1 Å². The van der Waals surface area contributed by atoms with Gasteiger partial charge in [0.2, 0.25) is 0 Å². The highest BCUT2D eigenvalue weighted by Crippen LogP contribution is 2.40. The number of alkyl halides is 3. The normalized spacial score (nSPS) is 25.6. The summed E-state index contributed by atoms with van der Waals surface area (Å²) in [6, 6.07) is 9.50. The second kappa shape index (κ2) is 13.3. The van der Waals surface area contributed by atoms with Crippen molar-refractivity contribution in [3.63, 3.8) is 0 Å². The van der Waals surface area contributed by atoms with E-state index in [-0.39, 0.29) is 17.1 Å². The van der Waals surface area contributed by atoms with Crippen LogP contribution in [0, 0.1) is 5.92 Å². The van der Waals surface area contributed by atoms with Crippen molar-refractivity contribution in [3.8, 4) is 5.69 Å². The number of nitrogens with one attached hydrogen (secondary N) is 1. The van der Waals surface area contributed by atoms with E-state index < -0.39 is 17.4 Å². The molecule has 2 atom stereocenters. The predicted molar refractivity (Wildman–Crippen MR) is 176 cm³/mol. The van der Waals surface area contributed by atoms with Gasteiger partial charge in [-0.05, 0) is 80.9 Å². The van der Waals surface area contributed by atoms with Gasteiger partial charge in [0.05, 0.1) is 42.8 Å². The maximum absolute atomic E-state index is 14.4. The lowest BCUT2D eigenvalue weighted by Crippen LogP contribution is -2.53. The van der Waals surface area contributed by atoms with E-state index in [1.165, 1.54) is 66.2 Å². The van der Waals surface area contributed by atoms with E-state index in [9.17, 15) is 18.0 Å². The van der Waals surface area contributed by atoms with Gasteiger partial charge in [0.1, 0.15) is 0 Å². The molecule has 3 saturated heterocycles. The van der Waals surface area contributed by atoms with Crippen molar-refractivity contribution in [2.24, 2.45) is 5.92 Å². The van der Waals surface area contributed by atoms with Crippen molar-refractivity contribution in [2.75, 3.05) is 40.0 Å². The van der Waals surface area contributed by atoms with Crippen molar-refractivity contribution in [1.82, 2.24) is 29.2 Å². The standard InChI is InChI=1S/C36H49F3N6O2/c1-26-10-9-15-42(19-26)20-27-16-31(36(37,38)39)32-22-43(34(46)44(32)21-27)30-14-8-11-28(17-30)35(23-47-24-35)18-33-40-45(25-41(33)2)29-12-6-4-3-5-7-13-29/h8,11,14,16-17,21-22,26,29,33,40H,3-7,9-10,12-13,15,18-20,23-25H2,1-2H3/t26-,33?/m0/s1. The Morgan fingerprint density at radius 2 is 1.77 bits per heavy atom. The second-order valence-corrected chi connectivity index (χ2v) is 14.8. The minimum absolute atomic E-state index is 0.128. The Hall–Kier alpha value is -2.70. The van der Waals surface area contributed by atoms with Gasteiger partial charge in [0, 0.05) is 36.9 Å². The minimum atomic E-state index is -4.59. The molecular formula is C36H49F3N6O2. The molecule has 1 unspecified atom stereocenters. The first kappa shape index (κ1) is 32.8. The van der Waals surface area contributed by atoms with E-state index in [4.69, 9.17) is 4.74 Å². The number of likely N-dealkylation sites (tertiary alicyclic amines) is 1. The van der Waals surface area contributed by atoms with Crippen molar-refractivity contribution in [1.29, 1.82) is 0 Å². The van der Waals surface area contributed by atoms with Crippen LogP contribution in [0.5, 0.6) is 0 Å². The fourth-order valence-corrected chi connectivity index (χ4v) is 8.38. The fourth-order valence-electron chi connectivity index (χ4n) is 8.38. The van der Waals surface area contributed by atoms with Gasteiger partial charge in [-0.1, -0.05) is 51.2 Å². The third-order valence-corrected chi connectivity index (χ3v) is 11.1. The first-order chi connectivity index (χ1) is 22.6. The lowest BCUT2D eigenvalue weighted by Gasteiger charge is -2.44. The number of piperidine rings is 1. The summed E-state index contributed by atoms with van der Waals surface area (Å²) in [6.45, 7) is 6.26. The van der Waals surface area contributed by atoms with Gasteiger partial charge in [0.15, 0.2) is 0 Å². The number of ether oxygens (including phenoxy) is 1. The third kappa shape index (κ3) is 6.79. The molecule has 0 bridgehead atoms. The number of hydrogen-bond donors (Lipinski definition) is 1. The van der Waals surface area contributed by atoms with Gasteiger partial charge in [0.25, 0.3) is 0 Å². The summed E-state index contributed by atoms with van der Waals surface area (Å²) < 4.78 is 51.6. The molecule has 7 rings (SSSR count). The Morgan fingerprint density at radius 1 is 1.00 bits per heavy atom. The SMILES string of the molecule is C[C@H]1CCCN(Cc2cc(C(F)(F)F)c3cn(-c4cccc(C5(CC6NN(C7CCCCCCC7)CN6C)COC5)c4)c(=O)n3c2)C1. The molecule has 1 aromatic carbocycles. The molecular weight excluding hydrogens is 605 g/mol. The maximum Gasteiger partial charge on any atom is 0.418 e. The number of fused-ring (bicyclic) bond motifs is 1. The zero-order valence-corrected chi connectivity index (χ0v) is 27.8. The number of nitrogens with zero attached hydrogens (tertiary/aromatic N) is 5. The highest BCUT2D eigenvalue weighted by atomic mass is 19.4. The fraction of sp³-hybridized carbons (Fsp3) is 0.639. The maximum atomic E-state index is 14.4. The highest BCUT2D eigenvalue weighted by Gasteiger charge is 2.45. The van der Waals surface area contributed by atoms with Gasteiger partial charge in [-0.3, -0.25) is 18.8 Å². The Balaban J connectivity index is 1.15. The number of rotatable bonds is 7. The lowest BCUT2D eigenvalue weighted by molar-refractivity contribution is -0.136. The molecule has 11 heteroatoms. The number of benzene rings is 1. The van der Waals surface area contributed by atoms with Gasteiger partial charge in [-0.25, -0.2) is 15.2 Å². The Labute approximate surface area is 275 Å². The van der Waals surface area contributed by atoms with Gasteiger partial charge < -0.3 is 4.74 Å². The van der Waals surface area contributed by atoms with E-state index in [1.54, 1.807) is 12.3 Å². The molecule has 8 nitrogen and oxygen atoms in total. The Kier molecular flexibility index (Phi) is 9.30. The van der Waals surface area contributed by atoms with Gasteiger partial charge >= 0.3 is 11.9 Å². The van der Waals surface area contributed by atoms with Crippen molar-refractivity contribution < 1.29 is 17.9 Å². The van der Waals surface area contributed by atoms with E-state index in [0.717, 1.165) is 44.6 Å². The highest BCUT2D eigenvalue weighted by molar-refractivity contribution is 5.58. The minimum Gasteiger partial charge on any atom is -0.379 e. The van der Waals surface area contributed by atoms with Crippen molar-refractivity contribution in [3.05, 3.63) is 69.9 Å². The molecule has 47 heavy (non-hydrogen) atoms. The van der Waals surface area contributed by atoms with Crippen LogP contribution >= 0.6 is 0 Å². The summed E-state index contributed by atoms with van der Waals surface area (Å²) in [5, 5.41) is 2.43. The number of pyridine rings is 1. The topological polar surface area (TPSA) is 57.4 Å².